The summed E-state index contributed by atoms with van der Waals surface area (Å²) in [6.45, 7) is 7.03. The predicted molar refractivity (Wildman–Crippen MR) is 85.1 cm³/mol. The molecule has 0 aromatic heterocycles. The average molecular weight is 336 g/mol. The standard InChI is InChI=1S/C15H25NO5.ClH/c1-2-3-10-20-14(17)5-6-15(18)21-11-4-7-16-8-12-19-13-9-16;/h5-6H,2-4,7-13H2,1H3;1H/b6-5+;. The first-order chi connectivity index (χ1) is 10.2. The van der Waals surface area contributed by atoms with Crippen molar-refractivity contribution in [2.75, 3.05) is 46.1 Å². The van der Waals surface area contributed by atoms with Crippen molar-refractivity contribution in [2.24, 2.45) is 0 Å². The summed E-state index contributed by atoms with van der Waals surface area (Å²) in [7, 11) is 0. The lowest BCUT2D eigenvalue weighted by molar-refractivity contribution is -0.140. The molecule has 0 aromatic rings. The summed E-state index contributed by atoms with van der Waals surface area (Å²) in [5.41, 5.74) is 0. The number of morpholine rings is 1. The molecule has 1 heterocycles. The SMILES string of the molecule is CCCCOC(=O)/C=C/C(=O)OCCCN1CCOCC1.Cl. The molecule has 0 bridgehead atoms. The van der Waals surface area contributed by atoms with Crippen molar-refractivity contribution >= 4 is 24.3 Å². The van der Waals surface area contributed by atoms with Crippen LogP contribution in [0.4, 0.5) is 0 Å². The minimum absolute atomic E-state index is 0. The van der Waals surface area contributed by atoms with Crippen molar-refractivity contribution in [3.8, 4) is 0 Å². The Morgan fingerprint density at radius 1 is 1.05 bits per heavy atom. The molecule has 1 aliphatic rings. The zero-order chi connectivity index (χ0) is 15.3. The van der Waals surface area contributed by atoms with E-state index in [1.165, 1.54) is 0 Å². The van der Waals surface area contributed by atoms with Gasteiger partial charge in [-0.3, -0.25) is 4.90 Å². The van der Waals surface area contributed by atoms with Gasteiger partial charge in [0.2, 0.25) is 0 Å². The molecular formula is C15H26ClNO5. The molecule has 7 heteroatoms. The molecule has 6 nitrogen and oxygen atoms in total. The van der Waals surface area contributed by atoms with Gasteiger partial charge in [-0.25, -0.2) is 9.59 Å². The second-order valence-electron chi connectivity index (χ2n) is 4.83. The quantitative estimate of drug-likeness (QED) is 0.362. The second kappa shape index (κ2) is 13.5. The number of esters is 2. The molecule has 0 radical (unpaired) electrons. The van der Waals surface area contributed by atoms with Crippen LogP contribution >= 0.6 is 12.4 Å². The van der Waals surface area contributed by atoms with Crippen molar-refractivity contribution in [1.29, 1.82) is 0 Å². The summed E-state index contributed by atoms with van der Waals surface area (Å²) in [5.74, 6) is -1.02. The molecule has 128 valence electrons. The summed E-state index contributed by atoms with van der Waals surface area (Å²) in [5, 5.41) is 0. The number of unbranched alkanes of at least 4 members (excludes halogenated alkanes) is 1. The van der Waals surface area contributed by atoms with Gasteiger partial charge in [0, 0.05) is 31.8 Å². The van der Waals surface area contributed by atoms with Gasteiger partial charge in [-0.2, -0.15) is 0 Å². The number of rotatable bonds is 9. The Morgan fingerprint density at radius 3 is 2.14 bits per heavy atom. The smallest absolute Gasteiger partial charge is 0.331 e. The van der Waals surface area contributed by atoms with Gasteiger partial charge < -0.3 is 14.2 Å². The molecule has 22 heavy (non-hydrogen) atoms. The van der Waals surface area contributed by atoms with E-state index in [9.17, 15) is 9.59 Å². The first-order valence-electron chi connectivity index (χ1n) is 7.54. The van der Waals surface area contributed by atoms with E-state index in [4.69, 9.17) is 14.2 Å². The molecule has 0 unspecified atom stereocenters. The Hall–Kier alpha value is -1.11. The lowest BCUT2D eigenvalue weighted by Crippen LogP contribution is -2.37. The molecule has 1 saturated heterocycles. The first-order valence-corrected chi connectivity index (χ1v) is 7.54. The maximum atomic E-state index is 11.4. The van der Waals surface area contributed by atoms with Crippen LogP contribution in [0.3, 0.4) is 0 Å². The van der Waals surface area contributed by atoms with Crippen LogP contribution in [0, 0.1) is 0 Å². The largest absolute Gasteiger partial charge is 0.463 e. The molecule has 0 atom stereocenters. The van der Waals surface area contributed by atoms with Gasteiger partial charge in [0.15, 0.2) is 0 Å². The van der Waals surface area contributed by atoms with Crippen molar-refractivity contribution < 1.29 is 23.8 Å². The third-order valence-electron chi connectivity index (χ3n) is 3.06. The highest BCUT2D eigenvalue weighted by Crippen LogP contribution is 1.98. The van der Waals surface area contributed by atoms with Crippen LogP contribution in [-0.4, -0.2) is 62.9 Å². The van der Waals surface area contributed by atoms with Crippen molar-refractivity contribution in [3.05, 3.63) is 12.2 Å². The minimum atomic E-state index is -0.510. The molecule has 1 fully saturated rings. The number of halogens is 1. The topological polar surface area (TPSA) is 65.1 Å². The van der Waals surface area contributed by atoms with Gasteiger partial charge in [-0.15, -0.1) is 12.4 Å². The van der Waals surface area contributed by atoms with Crippen LogP contribution in [0.25, 0.3) is 0 Å². The monoisotopic (exact) mass is 335 g/mol. The molecule has 0 spiro atoms. The van der Waals surface area contributed by atoms with Crippen LogP contribution in [0.1, 0.15) is 26.2 Å². The van der Waals surface area contributed by atoms with Gasteiger partial charge >= 0.3 is 11.9 Å². The highest BCUT2D eigenvalue weighted by molar-refractivity contribution is 5.91. The molecule has 0 saturated carbocycles. The Bertz CT molecular complexity index is 343. The normalized spacial score (nSPS) is 15.3. The molecule has 1 rings (SSSR count). The fourth-order valence-corrected chi connectivity index (χ4v) is 1.84. The maximum Gasteiger partial charge on any atom is 0.331 e. The van der Waals surface area contributed by atoms with Crippen LogP contribution in [0.2, 0.25) is 0 Å². The lowest BCUT2D eigenvalue weighted by Gasteiger charge is -2.26. The Labute approximate surface area is 138 Å². The van der Waals surface area contributed by atoms with Crippen LogP contribution in [0.15, 0.2) is 12.2 Å². The van der Waals surface area contributed by atoms with Crippen LogP contribution in [-0.2, 0) is 23.8 Å². The Kier molecular flexibility index (Phi) is 12.9. The van der Waals surface area contributed by atoms with E-state index in [1.54, 1.807) is 0 Å². The zero-order valence-corrected chi connectivity index (χ0v) is 13.9. The summed E-state index contributed by atoms with van der Waals surface area (Å²) in [6, 6.07) is 0. The number of carbonyl (C=O) groups is 2. The fraction of sp³-hybridized carbons (Fsp3) is 0.733. The number of carbonyl (C=O) groups excluding carboxylic acids is 2. The number of hydrogen-bond donors (Lipinski definition) is 0. The van der Waals surface area contributed by atoms with Gasteiger partial charge in [-0.05, 0) is 12.8 Å². The first kappa shape index (κ1) is 20.9. The van der Waals surface area contributed by atoms with Crippen molar-refractivity contribution in [1.82, 2.24) is 4.90 Å². The highest BCUT2D eigenvalue weighted by atomic mass is 35.5. The van der Waals surface area contributed by atoms with Crippen molar-refractivity contribution in [3.63, 3.8) is 0 Å². The maximum absolute atomic E-state index is 11.4. The van der Waals surface area contributed by atoms with E-state index in [1.807, 2.05) is 6.92 Å². The summed E-state index contributed by atoms with van der Waals surface area (Å²) < 4.78 is 15.2. The minimum Gasteiger partial charge on any atom is -0.463 e. The third-order valence-corrected chi connectivity index (χ3v) is 3.06. The summed E-state index contributed by atoms with van der Waals surface area (Å²) in [6.07, 6.45) is 4.79. The van der Waals surface area contributed by atoms with E-state index in [0.717, 1.165) is 64.3 Å². The fourth-order valence-electron chi connectivity index (χ4n) is 1.84. The van der Waals surface area contributed by atoms with E-state index in [-0.39, 0.29) is 12.4 Å². The molecule has 1 aliphatic heterocycles. The van der Waals surface area contributed by atoms with Crippen molar-refractivity contribution in [2.45, 2.75) is 26.2 Å². The highest BCUT2D eigenvalue weighted by Gasteiger charge is 2.09. The second-order valence-corrected chi connectivity index (χ2v) is 4.83. The summed E-state index contributed by atoms with van der Waals surface area (Å²) in [4.78, 5) is 24.9. The molecule has 0 aromatic carbocycles. The van der Waals surface area contributed by atoms with E-state index in [0.29, 0.717) is 13.2 Å². The number of ether oxygens (including phenoxy) is 3. The van der Waals surface area contributed by atoms with Crippen LogP contribution in [0.5, 0.6) is 0 Å². The van der Waals surface area contributed by atoms with E-state index < -0.39 is 11.9 Å². The average Bonchev–Trinajstić information content (AvgIpc) is 2.51. The molecular weight excluding hydrogens is 310 g/mol. The predicted octanol–water partition coefficient (Wildman–Crippen LogP) is 1.57. The molecule has 0 amide bonds. The number of hydrogen-bond acceptors (Lipinski definition) is 6. The number of nitrogens with zero attached hydrogens (tertiary/aromatic N) is 1. The molecule has 0 aliphatic carbocycles. The van der Waals surface area contributed by atoms with Gasteiger partial charge in [0.25, 0.3) is 0 Å². The van der Waals surface area contributed by atoms with E-state index in [2.05, 4.69) is 4.90 Å². The lowest BCUT2D eigenvalue weighted by atomic mass is 10.3. The van der Waals surface area contributed by atoms with Crippen LogP contribution < -0.4 is 0 Å². The Balaban J connectivity index is 0.00000441. The van der Waals surface area contributed by atoms with Gasteiger partial charge in [0.05, 0.1) is 26.4 Å². The molecule has 0 N–H and O–H groups in total. The Morgan fingerprint density at radius 2 is 1.59 bits per heavy atom. The van der Waals surface area contributed by atoms with Gasteiger partial charge in [0.1, 0.15) is 0 Å². The van der Waals surface area contributed by atoms with E-state index >= 15 is 0 Å². The van der Waals surface area contributed by atoms with Gasteiger partial charge in [-0.1, -0.05) is 13.3 Å². The third kappa shape index (κ3) is 10.6. The zero-order valence-electron chi connectivity index (χ0n) is 13.1. The summed E-state index contributed by atoms with van der Waals surface area (Å²) >= 11 is 0.